The highest BCUT2D eigenvalue weighted by Crippen LogP contribution is 2.32. The number of fused-ring (bicyclic) bond motifs is 3. The maximum Gasteiger partial charge on any atom is 0.244 e. The number of nitrogens with zero attached hydrogens (tertiary/aromatic N) is 3. The molecule has 192 valence electrons. The van der Waals surface area contributed by atoms with Crippen molar-refractivity contribution >= 4 is 39.3 Å². The predicted octanol–water partition coefficient (Wildman–Crippen LogP) is 3.08. The van der Waals surface area contributed by atoms with Gasteiger partial charge in [0.1, 0.15) is 6.04 Å². The summed E-state index contributed by atoms with van der Waals surface area (Å²) in [5.74, 6) is -0.181. The summed E-state index contributed by atoms with van der Waals surface area (Å²) < 4.78 is 11.8. The van der Waals surface area contributed by atoms with Gasteiger partial charge in [-0.15, -0.1) is 0 Å². The van der Waals surface area contributed by atoms with Crippen molar-refractivity contribution < 1.29 is 19.1 Å². The Kier molecular flexibility index (Phi) is 6.48. The van der Waals surface area contributed by atoms with Crippen molar-refractivity contribution in [2.24, 2.45) is 0 Å². The monoisotopic (exact) mass is 493 g/mol. The van der Waals surface area contributed by atoms with Crippen LogP contribution in [0.3, 0.4) is 0 Å². The molecule has 9 nitrogen and oxygen atoms in total. The van der Waals surface area contributed by atoms with E-state index in [1.807, 2.05) is 56.6 Å². The van der Waals surface area contributed by atoms with Gasteiger partial charge in [0, 0.05) is 36.6 Å². The number of benzene rings is 1. The summed E-state index contributed by atoms with van der Waals surface area (Å²) in [7, 11) is 0. The van der Waals surface area contributed by atoms with Gasteiger partial charge in [0.15, 0.2) is 0 Å². The van der Waals surface area contributed by atoms with Crippen LogP contribution in [0.15, 0.2) is 30.6 Å². The second kappa shape index (κ2) is 9.46. The number of rotatable bonds is 4. The molecular weight excluding hydrogens is 458 g/mol. The molecule has 2 amide bonds. The molecule has 36 heavy (non-hydrogen) atoms. The molecule has 1 aromatic carbocycles. The number of ether oxygens (including phenoxy) is 2. The predicted molar refractivity (Wildman–Crippen MR) is 139 cm³/mol. The summed E-state index contributed by atoms with van der Waals surface area (Å²) in [5.41, 5.74) is 3.06. The lowest BCUT2D eigenvalue weighted by Gasteiger charge is -2.43. The Morgan fingerprint density at radius 3 is 2.69 bits per heavy atom. The van der Waals surface area contributed by atoms with Crippen LogP contribution in [0.4, 0.5) is 5.69 Å². The Balaban J connectivity index is 1.39. The van der Waals surface area contributed by atoms with Crippen LogP contribution in [0, 0.1) is 6.92 Å². The first-order valence-electron chi connectivity index (χ1n) is 12.6. The highest BCUT2D eigenvalue weighted by molar-refractivity contribution is 6.13. The maximum absolute atomic E-state index is 13.6. The number of carbonyl (C=O) groups is 2. The highest BCUT2D eigenvalue weighted by Gasteiger charge is 2.39. The molecule has 3 atom stereocenters. The molecule has 3 aromatic rings. The van der Waals surface area contributed by atoms with Gasteiger partial charge < -0.3 is 24.7 Å². The largest absolute Gasteiger partial charge is 0.372 e. The van der Waals surface area contributed by atoms with Gasteiger partial charge in [0.05, 0.1) is 53.9 Å². The van der Waals surface area contributed by atoms with Crippen molar-refractivity contribution in [2.45, 2.75) is 58.5 Å². The third-order valence-electron chi connectivity index (χ3n) is 6.98. The molecule has 2 aliphatic heterocycles. The van der Waals surface area contributed by atoms with E-state index in [0.717, 1.165) is 27.4 Å². The third kappa shape index (κ3) is 4.96. The topological polar surface area (TPSA) is 99.8 Å². The van der Waals surface area contributed by atoms with Gasteiger partial charge in [-0.3, -0.25) is 19.5 Å². The normalized spacial score (nSPS) is 24.8. The number of nitrogens with one attached hydrogen (secondary N) is 2. The molecule has 0 unspecified atom stereocenters. The Bertz CT molecular complexity index is 1290. The van der Waals surface area contributed by atoms with Crippen molar-refractivity contribution in [3.63, 3.8) is 0 Å². The summed E-state index contributed by atoms with van der Waals surface area (Å²) in [4.78, 5) is 38.3. The van der Waals surface area contributed by atoms with Crippen molar-refractivity contribution in [1.82, 2.24) is 19.8 Å². The average molecular weight is 494 g/mol. The van der Waals surface area contributed by atoms with Crippen LogP contribution in [0.1, 0.15) is 33.3 Å². The minimum atomic E-state index is -0.584. The molecule has 0 spiro atoms. The lowest BCUT2D eigenvalue weighted by Crippen LogP contribution is -2.61. The first-order chi connectivity index (χ1) is 17.1. The summed E-state index contributed by atoms with van der Waals surface area (Å²) in [6, 6.07) is 5.45. The molecule has 4 heterocycles. The van der Waals surface area contributed by atoms with Gasteiger partial charge in [-0.25, -0.2) is 0 Å². The number of aromatic nitrogens is 2. The van der Waals surface area contributed by atoms with Crippen LogP contribution in [0.2, 0.25) is 0 Å². The fraction of sp³-hybridized carbons (Fsp3) is 0.519. The zero-order chi connectivity index (χ0) is 25.6. The van der Waals surface area contributed by atoms with Crippen molar-refractivity contribution in [3.8, 4) is 0 Å². The smallest absolute Gasteiger partial charge is 0.244 e. The Morgan fingerprint density at radius 1 is 1.19 bits per heavy atom. The maximum atomic E-state index is 13.6. The first-order valence-corrected chi connectivity index (χ1v) is 12.6. The van der Waals surface area contributed by atoms with Crippen LogP contribution >= 0.6 is 0 Å². The van der Waals surface area contributed by atoms with Gasteiger partial charge in [-0.05, 0) is 58.4 Å². The lowest BCUT2D eigenvalue weighted by atomic mass is 10.0. The number of carbonyl (C=O) groups excluding carboxylic acids is 2. The summed E-state index contributed by atoms with van der Waals surface area (Å²) >= 11 is 0. The van der Waals surface area contributed by atoms with Gasteiger partial charge >= 0.3 is 0 Å². The quantitative estimate of drug-likeness (QED) is 0.580. The van der Waals surface area contributed by atoms with Gasteiger partial charge in [-0.2, -0.15) is 0 Å². The second-order valence-electron chi connectivity index (χ2n) is 10.8. The van der Waals surface area contributed by atoms with Crippen molar-refractivity contribution in [3.05, 3.63) is 36.2 Å². The van der Waals surface area contributed by atoms with E-state index in [1.54, 1.807) is 12.4 Å². The molecule has 0 saturated carbocycles. The molecule has 2 aliphatic rings. The van der Waals surface area contributed by atoms with E-state index >= 15 is 0 Å². The summed E-state index contributed by atoms with van der Waals surface area (Å²) in [5, 5.41) is 5.22. The number of amides is 2. The van der Waals surface area contributed by atoms with E-state index in [0.29, 0.717) is 25.3 Å². The zero-order valence-electron chi connectivity index (χ0n) is 21.6. The molecule has 5 rings (SSSR count). The van der Waals surface area contributed by atoms with E-state index in [4.69, 9.17) is 9.47 Å². The standard InChI is InChI=1S/C27H35N5O4/c1-16-8-20-19-6-7-28-10-22(19)29-25(20)21(9-16)30-26(34)23-14-35-27(4,5)15-32(23)13-24(33)31-11-17(2)36-18(3)12-31/h6-10,17-18,23,29H,11-15H2,1-5H3,(H,30,34)/t17-,18+,23-/m0/s1. The molecule has 2 saturated heterocycles. The van der Waals surface area contributed by atoms with Crippen LogP contribution in [0.25, 0.3) is 21.8 Å². The van der Waals surface area contributed by atoms with Crippen LogP contribution < -0.4 is 5.32 Å². The number of H-pyrrole nitrogens is 1. The first kappa shape index (κ1) is 24.7. The molecule has 2 fully saturated rings. The van der Waals surface area contributed by atoms with E-state index in [-0.39, 0.29) is 37.2 Å². The molecule has 0 bridgehead atoms. The Labute approximate surface area is 211 Å². The molecule has 0 aliphatic carbocycles. The molecule has 0 radical (unpaired) electrons. The van der Waals surface area contributed by atoms with Gasteiger partial charge in [-0.1, -0.05) is 0 Å². The van der Waals surface area contributed by atoms with Crippen LogP contribution in [-0.4, -0.2) is 88.2 Å². The number of aromatic amines is 1. The Morgan fingerprint density at radius 2 is 1.94 bits per heavy atom. The Hall–Kier alpha value is -3.01. The van der Waals surface area contributed by atoms with E-state index in [1.165, 1.54) is 0 Å². The third-order valence-corrected chi connectivity index (χ3v) is 6.98. The minimum Gasteiger partial charge on any atom is -0.372 e. The SMILES string of the molecule is Cc1cc(NC(=O)[C@@H]2COC(C)(C)CN2CC(=O)N2C[C@@H](C)O[C@@H](C)C2)c2[nH]c3cnccc3c2c1. The van der Waals surface area contributed by atoms with Gasteiger partial charge in [0.25, 0.3) is 0 Å². The number of morpholine rings is 2. The lowest BCUT2D eigenvalue weighted by molar-refractivity contribution is -0.156. The second-order valence-corrected chi connectivity index (χ2v) is 10.8. The minimum absolute atomic E-state index is 0.00633. The van der Waals surface area contributed by atoms with Crippen molar-refractivity contribution in [1.29, 1.82) is 0 Å². The number of aryl methyl sites for hydroxylation is 1. The summed E-state index contributed by atoms with van der Waals surface area (Å²) in [6.45, 7) is 11.9. The van der Waals surface area contributed by atoms with Crippen LogP contribution in [-0.2, 0) is 19.1 Å². The molecule has 2 aromatic heterocycles. The highest BCUT2D eigenvalue weighted by atomic mass is 16.5. The van der Waals surface area contributed by atoms with E-state index < -0.39 is 11.6 Å². The number of hydrogen-bond donors (Lipinski definition) is 2. The number of pyridine rings is 1. The van der Waals surface area contributed by atoms with E-state index in [2.05, 4.69) is 21.4 Å². The van der Waals surface area contributed by atoms with E-state index in [9.17, 15) is 9.59 Å². The van der Waals surface area contributed by atoms with Crippen LogP contribution in [0.5, 0.6) is 0 Å². The van der Waals surface area contributed by atoms with Gasteiger partial charge in [0.2, 0.25) is 11.8 Å². The number of anilines is 1. The fourth-order valence-corrected chi connectivity index (χ4v) is 5.43. The molecule has 9 heteroatoms. The fourth-order valence-electron chi connectivity index (χ4n) is 5.43. The summed E-state index contributed by atoms with van der Waals surface area (Å²) in [6.07, 6.45) is 3.54. The zero-order valence-corrected chi connectivity index (χ0v) is 21.6. The average Bonchev–Trinajstić information content (AvgIpc) is 3.16. The molecular formula is C27H35N5O4. The van der Waals surface area contributed by atoms with Crippen molar-refractivity contribution in [2.75, 3.05) is 38.1 Å². The molecule has 2 N–H and O–H groups in total. The number of hydrogen-bond acceptors (Lipinski definition) is 6.